The lowest BCUT2D eigenvalue weighted by atomic mass is 9.91. The lowest BCUT2D eigenvalue weighted by molar-refractivity contribution is 0.945. The molecule has 0 atom stereocenters. The van der Waals surface area contributed by atoms with Crippen LogP contribution in [0.2, 0.25) is 0 Å². The number of hydrogen-bond acceptors (Lipinski definition) is 2. The second-order valence-corrected chi connectivity index (χ2v) is 5.41. The van der Waals surface area contributed by atoms with Crippen LogP contribution in [0, 0.1) is 13.8 Å². The number of allylic oxidation sites excluding steroid dienone is 4. The van der Waals surface area contributed by atoms with Crippen molar-refractivity contribution in [2.45, 2.75) is 40.5 Å². The molecule has 1 aromatic heterocycles. The second-order valence-electron chi connectivity index (χ2n) is 4.21. The molecule has 1 aromatic rings. The molecule has 1 heterocycles. The third-order valence-corrected chi connectivity index (χ3v) is 4.17. The van der Waals surface area contributed by atoms with Crippen molar-refractivity contribution in [3.8, 4) is 0 Å². The first-order chi connectivity index (χ1) is 7.09. The van der Waals surface area contributed by atoms with Gasteiger partial charge in [0.2, 0.25) is 0 Å². The maximum Gasteiger partial charge on any atom is 0.0903 e. The molecule has 0 N–H and O–H groups in total. The number of aromatic nitrogens is 1. The first-order valence-electron chi connectivity index (χ1n) is 5.41. The Morgan fingerprint density at radius 3 is 2.53 bits per heavy atom. The number of hydrogen-bond donors (Lipinski definition) is 0. The van der Waals surface area contributed by atoms with E-state index in [9.17, 15) is 0 Å². The number of rotatable bonds is 1. The van der Waals surface area contributed by atoms with E-state index < -0.39 is 0 Å². The summed E-state index contributed by atoms with van der Waals surface area (Å²) in [6, 6.07) is 0. The van der Waals surface area contributed by atoms with Crippen molar-refractivity contribution in [2.75, 3.05) is 0 Å². The van der Waals surface area contributed by atoms with Crippen LogP contribution in [0.15, 0.2) is 17.2 Å². The van der Waals surface area contributed by atoms with E-state index in [1.54, 1.807) is 0 Å². The lowest BCUT2D eigenvalue weighted by Crippen LogP contribution is -1.96. The van der Waals surface area contributed by atoms with Crippen LogP contribution in [-0.2, 0) is 0 Å². The first kappa shape index (κ1) is 10.6. The Morgan fingerprint density at radius 2 is 1.93 bits per heavy atom. The highest BCUT2D eigenvalue weighted by Gasteiger charge is 2.15. The molecular formula is C13H17NS. The molecule has 0 amide bonds. The molecule has 0 bridgehead atoms. The number of aryl methyl sites for hydroxylation is 2. The summed E-state index contributed by atoms with van der Waals surface area (Å²) in [5.74, 6) is 0. The maximum absolute atomic E-state index is 4.50. The molecule has 0 fully saturated rings. The molecule has 1 aliphatic carbocycles. The fraction of sp³-hybridized carbons (Fsp3) is 0.462. The van der Waals surface area contributed by atoms with E-state index in [1.807, 2.05) is 11.3 Å². The minimum absolute atomic E-state index is 1.17. The van der Waals surface area contributed by atoms with E-state index in [0.717, 1.165) is 0 Å². The highest BCUT2D eigenvalue weighted by atomic mass is 32.1. The van der Waals surface area contributed by atoms with Gasteiger partial charge in [0, 0.05) is 0 Å². The first-order valence-corrected chi connectivity index (χ1v) is 6.22. The molecule has 0 saturated carbocycles. The predicted octanol–water partition coefficient (Wildman–Crippen LogP) is 4.27. The Bertz CT molecular complexity index is 449. The van der Waals surface area contributed by atoms with Gasteiger partial charge in [-0.05, 0) is 51.7 Å². The molecule has 0 aromatic carbocycles. The maximum atomic E-state index is 4.50. The van der Waals surface area contributed by atoms with Crippen molar-refractivity contribution in [3.05, 3.63) is 32.8 Å². The fourth-order valence-corrected chi connectivity index (χ4v) is 3.07. The van der Waals surface area contributed by atoms with Crippen molar-refractivity contribution < 1.29 is 0 Å². The predicted molar refractivity (Wildman–Crippen MR) is 67.2 cm³/mol. The summed E-state index contributed by atoms with van der Waals surface area (Å²) >= 11 is 1.81. The molecule has 0 saturated heterocycles. The molecule has 0 radical (unpaired) electrons. The third kappa shape index (κ3) is 1.91. The number of nitrogens with zero attached hydrogens (tertiary/aromatic N) is 1. The zero-order valence-electron chi connectivity index (χ0n) is 9.85. The van der Waals surface area contributed by atoms with Crippen LogP contribution in [0.3, 0.4) is 0 Å². The third-order valence-electron chi connectivity index (χ3n) is 3.06. The SMILES string of the molecule is CC1=C(C)C(c2sc(C)nc2C)=CCC1. The van der Waals surface area contributed by atoms with Gasteiger partial charge < -0.3 is 0 Å². The Kier molecular flexibility index (Phi) is 2.79. The quantitative estimate of drug-likeness (QED) is 0.687. The standard InChI is InChI=1S/C13H17NS/c1-8-6-5-7-12(9(8)2)13-10(3)14-11(4)15-13/h7H,5-6H2,1-4H3. The van der Waals surface area contributed by atoms with Crippen molar-refractivity contribution in [2.24, 2.45) is 0 Å². The van der Waals surface area contributed by atoms with Gasteiger partial charge >= 0.3 is 0 Å². The second kappa shape index (κ2) is 3.93. The minimum Gasteiger partial charge on any atom is -0.246 e. The summed E-state index contributed by atoms with van der Waals surface area (Å²) < 4.78 is 0. The zero-order valence-corrected chi connectivity index (χ0v) is 10.7. The minimum atomic E-state index is 1.17. The van der Waals surface area contributed by atoms with Crippen LogP contribution in [0.5, 0.6) is 0 Å². The summed E-state index contributed by atoms with van der Waals surface area (Å²) in [7, 11) is 0. The zero-order chi connectivity index (χ0) is 11.0. The molecule has 0 unspecified atom stereocenters. The van der Waals surface area contributed by atoms with Crippen molar-refractivity contribution in [3.63, 3.8) is 0 Å². The van der Waals surface area contributed by atoms with Crippen LogP contribution in [0.1, 0.15) is 42.3 Å². The van der Waals surface area contributed by atoms with Crippen molar-refractivity contribution in [1.29, 1.82) is 0 Å². The van der Waals surface area contributed by atoms with Gasteiger partial charge in [0.25, 0.3) is 0 Å². The Balaban J connectivity index is 2.48. The smallest absolute Gasteiger partial charge is 0.0903 e. The van der Waals surface area contributed by atoms with E-state index in [4.69, 9.17) is 0 Å². The molecule has 2 rings (SSSR count). The van der Waals surface area contributed by atoms with E-state index in [-0.39, 0.29) is 0 Å². The topological polar surface area (TPSA) is 12.9 Å². The highest BCUT2D eigenvalue weighted by molar-refractivity contribution is 7.12. The van der Waals surface area contributed by atoms with Gasteiger partial charge in [0.1, 0.15) is 0 Å². The van der Waals surface area contributed by atoms with Gasteiger partial charge in [-0.3, -0.25) is 0 Å². The average molecular weight is 219 g/mol. The highest BCUT2D eigenvalue weighted by Crippen LogP contribution is 2.36. The fourth-order valence-electron chi connectivity index (χ4n) is 2.05. The van der Waals surface area contributed by atoms with Gasteiger partial charge in [-0.25, -0.2) is 4.98 Å². The van der Waals surface area contributed by atoms with Crippen LogP contribution >= 0.6 is 11.3 Å². The van der Waals surface area contributed by atoms with Crippen molar-refractivity contribution in [1.82, 2.24) is 4.98 Å². The molecule has 0 aliphatic heterocycles. The molecule has 15 heavy (non-hydrogen) atoms. The summed E-state index contributed by atoms with van der Waals surface area (Å²) in [6.07, 6.45) is 4.75. The van der Waals surface area contributed by atoms with Crippen LogP contribution in [0.25, 0.3) is 5.57 Å². The normalized spacial score (nSPS) is 16.9. The summed E-state index contributed by atoms with van der Waals surface area (Å²) in [5.41, 5.74) is 5.57. The van der Waals surface area contributed by atoms with Gasteiger partial charge in [-0.1, -0.05) is 11.6 Å². The molecule has 1 nitrogen and oxygen atoms in total. The lowest BCUT2D eigenvalue weighted by Gasteiger charge is -2.16. The van der Waals surface area contributed by atoms with E-state index in [2.05, 4.69) is 38.8 Å². The average Bonchev–Trinajstić information content (AvgIpc) is 2.50. The molecule has 0 spiro atoms. The summed E-state index contributed by atoms with van der Waals surface area (Å²) in [5, 5.41) is 1.17. The Morgan fingerprint density at radius 1 is 1.20 bits per heavy atom. The van der Waals surface area contributed by atoms with Crippen LogP contribution < -0.4 is 0 Å². The van der Waals surface area contributed by atoms with Gasteiger partial charge in [-0.2, -0.15) is 0 Å². The molecule has 1 aliphatic rings. The summed E-state index contributed by atoms with van der Waals surface area (Å²) in [6.45, 7) is 8.66. The van der Waals surface area contributed by atoms with Crippen LogP contribution in [0.4, 0.5) is 0 Å². The Hall–Kier alpha value is -0.890. The monoisotopic (exact) mass is 219 g/mol. The Labute approximate surface area is 95.6 Å². The molecule has 2 heteroatoms. The summed E-state index contributed by atoms with van der Waals surface area (Å²) in [4.78, 5) is 5.87. The molecular weight excluding hydrogens is 202 g/mol. The van der Waals surface area contributed by atoms with Crippen molar-refractivity contribution >= 4 is 16.9 Å². The number of thiazole rings is 1. The van der Waals surface area contributed by atoms with Gasteiger partial charge in [0.15, 0.2) is 0 Å². The van der Waals surface area contributed by atoms with E-state index in [1.165, 1.54) is 45.1 Å². The van der Waals surface area contributed by atoms with E-state index in [0.29, 0.717) is 0 Å². The molecule has 80 valence electrons. The largest absolute Gasteiger partial charge is 0.246 e. The van der Waals surface area contributed by atoms with E-state index >= 15 is 0 Å². The van der Waals surface area contributed by atoms with Crippen LogP contribution in [-0.4, -0.2) is 4.98 Å². The van der Waals surface area contributed by atoms with Gasteiger partial charge in [-0.15, -0.1) is 11.3 Å². The van der Waals surface area contributed by atoms with Gasteiger partial charge in [0.05, 0.1) is 15.6 Å².